The number of carbonyl (C=O) groups is 1. The van der Waals surface area contributed by atoms with E-state index in [0.29, 0.717) is 19.8 Å². The van der Waals surface area contributed by atoms with E-state index >= 15 is 0 Å². The second-order valence-electron chi connectivity index (χ2n) is 6.24. The molecule has 0 radical (unpaired) electrons. The zero-order valence-corrected chi connectivity index (χ0v) is 14.9. The average Bonchev–Trinajstić information content (AvgIpc) is 3.04. The van der Waals surface area contributed by atoms with Crippen LogP contribution in [0.1, 0.15) is 29.6 Å². The van der Waals surface area contributed by atoms with Gasteiger partial charge in [0.25, 0.3) is 0 Å². The number of hydrogen-bond donors (Lipinski definition) is 2. The SMILES string of the molecule is Cl.O=C(CCN1CCC2(CC1)OCCO2)c1cc(O)c(O)c([N+](=O)[O-])c1. The summed E-state index contributed by atoms with van der Waals surface area (Å²) in [5, 5.41) is 29.9. The van der Waals surface area contributed by atoms with E-state index < -0.39 is 27.9 Å². The molecule has 2 N–H and O–H groups in total. The molecule has 26 heavy (non-hydrogen) atoms. The molecule has 1 spiro atoms. The first-order valence-electron chi connectivity index (χ1n) is 8.14. The number of Topliss-reactive ketones (excluding diaryl/α,β-unsaturated/α-hetero) is 1. The number of rotatable bonds is 5. The maximum absolute atomic E-state index is 12.3. The van der Waals surface area contributed by atoms with Gasteiger partial charge in [-0.2, -0.15) is 0 Å². The number of ether oxygens (including phenoxy) is 2. The number of phenols is 2. The highest BCUT2D eigenvalue weighted by Gasteiger charge is 2.39. The predicted molar refractivity (Wildman–Crippen MR) is 92.9 cm³/mol. The molecular formula is C16H21ClN2O7. The Morgan fingerprint density at radius 2 is 1.85 bits per heavy atom. The van der Waals surface area contributed by atoms with E-state index in [1.807, 2.05) is 0 Å². The zero-order valence-electron chi connectivity index (χ0n) is 14.0. The Morgan fingerprint density at radius 3 is 2.42 bits per heavy atom. The molecule has 144 valence electrons. The van der Waals surface area contributed by atoms with Crippen LogP contribution in [0.5, 0.6) is 11.5 Å². The second kappa shape index (κ2) is 8.17. The third-order valence-electron chi connectivity index (χ3n) is 4.67. The number of aromatic hydroxyl groups is 2. The lowest BCUT2D eigenvalue weighted by atomic mass is 10.0. The van der Waals surface area contributed by atoms with Gasteiger partial charge in [-0.05, 0) is 6.07 Å². The van der Waals surface area contributed by atoms with Crippen molar-refractivity contribution in [2.24, 2.45) is 0 Å². The van der Waals surface area contributed by atoms with Crippen LogP contribution in [0, 0.1) is 10.1 Å². The van der Waals surface area contributed by atoms with Gasteiger partial charge in [-0.3, -0.25) is 14.9 Å². The molecule has 9 nitrogen and oxygen atoms in total. The third-order valence-corrected chi connectivity index (χ3v) is 4.67. The largest absolute Gasteiger partial charge is 0.504 e. The minimum absolute atomic E-state index is 0. The van der Waals surface area contributed by atoms with E-state index in [2.05, 4.69) is 4.90 Å². The first kappa shape index (κ1) is 20.4. The summed E-state index contributed by atoms with van der Waals surface area (Å²) in [6, 6.07) is 2.04. The van der Waals surface area contributed by atoms with Gasteiger partial charge in [0.15, 0.2) is 17.3 Å². The van der Waals surface area contributed by atoms with E-state index in [9.17, 15) is 25.1 Å². The molecule has 0 bridgehead atoms. The van der Waals surface area contributed by atoms with Crippen molar-refractivity contribution < 1.29 is 29.4 Å². The average molecular weight is 389 g/mol. The van der Waals surface area contributed by atoms with Gasteiger partial charge in [-0.15, -0.1) is 12.4 Å². The first-order chi connectivity index (χ1) is 11.9. The van der Waals surface area contributed by atoms with Crippen LogP contribution in [-0.2, 0) is 9.47 Å². The van der Waals surface area contributed by atoms with Crippen molar-refractivity contribution >= 4 is 23.9 Å². The minimum atomic E-state index is -0.836. The maximum Gasteiger partial charge on any atom is 0.315 e. The van der Waals surface area contributed by atoms with E-state index in [1.165, 1.54) is 0 Å². The number of nitro benzene ring substituents is 1. The second-order valence-corrected chi connectivity index (χ2v) is 6.24. The van der Waals surface area contributed by atoms with Crippen LogP contribution >= 0.6 is 12.4 Å². The topological polar surface area (TPSA) is 122 Å². The third kappa shape index (κ3) is 4.24. The Morgan fingerprint density at radius 1 is 1.23 bits per heavy atom. The Bertz CT molecular complexity index is 681. The molecule has 0 aliphatic carbocycles. The molecule has 2 fully saturated rings. The highest BCUT2D eigenvalue weighted by molar-refractivity contribution is 5.97. The highest BCUT2D eigenvalue weighted by atomic mass is 35.5. The molecule has 3 rings (SSSR count). The molecule has 0 amide bonds. The summed E-state index contributed by atoms with van der Waals surface area (Å²) in [4.78, 5) is 24.4. The molecule has 2 heterocycles. The normalized spacial score (nSPS) is 19.2. The molecule has 10 heteroatoms. The van der Waals surface area contributed by atoms with Crippen molar-refractivity contribution in [2.75, 3.05) is 32.8 Å². The lowest BCUT2D eigenvalue weighted by Gasteiger charge is -2.37. The number of hydrogen-bond acceptors (Lipinski definition) is 8. The van der Waals surface area contributed by atoms with Crippen molar-refractivity contribution in [1.82, 2.24) is 4.90 Å². The maximum atomic E-state index is 12.3. The standard InChI is InChI=1S/C16H20N2O7.ClH/c19-13(11-9-12(18(22)23)15(21)14(20)10-11)1-4-17-5-2-16(3-6-17)24-7-8-25-16;/h9-10,20-21H,1-8H2;1H. The lowest BCUT2D eigenvalue weighted by molar-refractivity contribution is -0.386. The van der Waals surface area contributed by atoms with Gasteiger partial charge < -0.3 is 24.6 Å². The van der Waals surface area contributed by atoms with Crippen molar-refractivity contribution in [3.05, 3.63) is 27.8 Å². The summed E-state index contributed by atoms with van der Waals surface area (Å²) in [5.74, 6) is -2.30. The van der Waals surface area contributed by atoms with Crippen molar-refractivity contribution in [2.45, 2.75) is 25.0 Å². The van der Waals surface area contributed by atoms with E-state index in [1.54, 1.807) is 0 Å². The van der Waals surface area contributed by atoms with Crippen LogP contribution in [0.3, 0.4) is 0 Å². The molecular weight excluding hydrogens is 368 g/mol. The van der Waals surface area contributed by atoms with Crippen molar-refractivity contribution in [3.63, 3.8) is 0 Å². The number of nitro groups is 1. The molecule has 0 atom stereocenters. The Kier molecular flexibility index (Phi) is 6.40. The molecule has 0 aromatic heterocycles. The molecule has 2 saturated heterocycles. The van der Waals surface area contributed by atoms with Gasteiger partial charge >= 0.3 is 5.69 Å². The number of carbonyl (C=O) groups excluding carboxylic acids is 1. The number of benzene rings is 1. The van der Waals surface area contributed by atoms with E-state index in [-0.39, 0.29) is 30.2 Å². The molecule has 2 aliphatic heterocycles. The predicted octanol–water partition coefficient (Wildman–Crippen LogP) is 1.84. The van der Waals surface area contributed by atoms with E-state index in [0.717, 1.165) is 38.1 Å². The smallest absolute Gasteiger partial charge is 0.315 e. The monoisotopic (exact) mass is 388 g/mol. The number of halogens is 1. The number of likely N-dealkylation sites (tertiary alicyclic amines) is 1. The van der Waals surface area contributed by atoms with Crippen LogP contribution in [0.15, 0.2) is 12.1 Å². The molecule has 1 aromatic rings. The number of ketones is 1. The summed E-state index contributed by atoms with van der Waals surface area (Å²) in [6.45, 7) is 3.22. The molecule has 0 unspecified atom stereocenters. The molecule has 2 aliphatic rings. The Balaban J connectivity index is 0.00000243. The summed E-state index contributed by atoms with van der Waals surface area (Å²) < 4.78 is 11.3. The molecule has 0 saturated carbocycles. The summed E-state index contributed by atoms with van der Waals surface area (Å²) >= 11 is 0. The summed E-state index contributed by atoms with van der Waals surface area (Å²) in [5.41, 5.74) is -0.670. The van der Waals surface area contributed by atoms with Crippen LogP contribution in [0.25, 0.3) is 0 Å². The fourth-order valence-corrected chi connectivity index (χ4v) is 3.21. The lowest BCUT2D eigenvalue weighted by Crippen LogP contribution is -2.45. The first-order valence-corrected chi connectivity index (χ1v) is 8.14. The minimum Gasteiger partial charge on any atom is -0.504 e. The van der Waals surface area contributed by atoms with Gasteiger partial charge in [0.05, 0.1) is 18.1 Å². The van der Waals surface area contributed by atoms with Gasteiger partial charge in [-0.25, -0.2) is 0 Å². The van der Waals surface area contributed by atoms with Gasteiger partial charge in [0, 0.05) is 50.5 Å². The van der Waals surface area contributed by atoms with E-state index in [4.69, 9.17) is 9.47 Å². The highest BCUT2D eigenvalue weighted by Crippen LogP contribution is 2.36. The quantitative estimate of drug-likeness (QED) is 0.339. The Labute approximate surface area is 156 Å². The van der Waals surface area contributed by atoms with Gasteiger partial charge in [0.2, 0.25) is 5.75 Å². The van der Waals surface area contributed by atoms with Crippen molar-refractivity contribution in [1.29, 1.82) is 0 Å². The van der Waals surface area contributed by atoms with Crippen LogP contribution < -0.4 is 0 Å². The summed E-state index contributed by atoms with van der Waals surface area (Å²) in [7, 11) is 0. The number of phenolic OH excluding ortho intramolecular Hbond substituents is 2. The van der Waals surface area contributed by atoms with Gasteiger partial charge in [-0.1, -0.05) is 0 Å². The molecule has 1 aromatic carbocycles. The number of nitrogens with zero attached hydrogens (tertiary/aromatic N) is 2. The Hall–Kier alpha value is -1.94. The van der Waals surface area contributed by atoms with Gasteiger partial charge in [0.1, 0.15) is 0 Å². The zero-order chi connectivity index (χ0) is 18.0. The van der Waals surface area contributed by atoms with Crippen LogP contribution in [0.4, 0.5) is 5.69 Å². The fourth-order valence-electron chi connectivity index (χ4n) is 3.21. The summed E-state index contributed by atoms with van der Waals surface area (Å²) in [6.07, 6.45) is 1.65. The van der Waals surface area contributed by atoms with Crippen molar-refractivity contribution in [3.8, 4) is 11.5 Å². The van der Waals surface area contributed by atoms with Crippen LogP contribution in [-0.4, -0.2) is 64.5 Å². The fraction of sp³-hybridized carbons (Fsp3) is 0.562. The van der Waals surface area contributed by atoms with Crippen LogP contribution in [0.2, 0.25) is 0 Å². The number of piperidine rings is 1.